The topological polar surface area (TPSA) is 79.2 Å². The minimum Gasteiger partial charge on any atom is -0.482 e. The van der Waals surface area contributed by atoms with Gasteiger partial charge in [-0.3, -0.25) is 9.69 Å². The van der Waals surface area contributed by atoms with Gasteiger partial charge in [-0.2, -0.15) is 0 Å². The lowest BCUT2D eigenvalue weighted by Crippen LogP contribution is -2.28. The number of benzene rings is 3. The smallest absolute Gasteiger partial charge is 0.341 e. The number of carbonyl (C=O) groups is 2. The van der Waals surface area contributed by atoms with Crippen LogP contribution in [0.15, 0.2) is 82.7 Å². The zero-order valence-electron chi connectivity index (χ0n) is 18.2. The summed E-state index contributed by atoms with van der Waals surface area (Å²) in [7, 11) is 0. The first-order chi connectivity index (χ1) is 15.9. The van der Waals surface area contributed by atoms with Gasteiger partial charge in [0.05, 0.1) is 16.3 Å². The first kappa shape index (κ1) is 22.4. The summed E-state index contributed by atoms with van der Waals surface area (Å²) in [6, 6.07) is 22.5. The maximum atomic E-state index is 13.4. The third kappa shape index (κ3) is 5.51. The molecule has 4 rings (SSSR count). The van der Waals surface area contributed by atoms with E-state index < -0.39 is 12.6 Å². The van der Waals surface area contributed by atoms with Gasteiger partial charge in [0.2, 0.25) is 0 Å². The Morgan fingerprint density at radius 3 is 2.18 bits per heavy atom. The van der Waals surface area contributed by atoms with Gasteiger partial charge in [-0.05, 0) is 73.6 Å². The lowest BCUT2D eigenvalue weighted by molar-refractivity contribution is -0.139. The molecule has 0 radical (unpaired) electrons. The van der Waals surface area contributed by atoms with E-state index in [2.05, 4.69) is 0 Å². The van der Waals surface area contributed by atoms with Crippen molar-refractivity contribution in [1.29, 1.82) is 0 Å². The fraction of sp³-hybridized carbons (Fsp3) is 0.115. The van der Waals surface area contributed by atoms with E-state index in [1.54, 1.807) is 35.2 Å². The van der Waals surface area contributed by atoms with Gasteiger partial charge in [-0.1, -0.05) is 47.5 Å². The van der Waals surface area contributed by atoms with E-state index in [1.165, 1.54) is 11.8 Å². The van der Waals surface area contributed by atoms with Crippen molar-refractivity contribution in [3.63, 3.8) is 0 Å². The molecule has 6 nitrogen and oxygen atoms in total. The number of aliphatic carboxylic acids is 1. The number of anilines is 1. The zero-order valence-corrected chi connectivity index (χ0v) is 19.0. The molecule has 3 aromatic carbocycles. The number of amides is 1. The minimum atomic E-state index is -1.04. The van der Waals surface area contributed by atoms with Gasteiger partial charge in [0.1, 0.15) is 5.75 Å². The predicted molar refractivity (Wildman–Crippen MR) is 132 cm³/mol. The lowest BCUT2D eigenvalue weighted by Gasteiger charge is -2.16. The van der Waals surface area contributed by atoms with Gasteiger partial charge >= 0.3 is 5.97 Å². The van der Waals surface area contributed by atoms with E-state index in [9.17, 15) is 9.59 Å². The van der Waals surface area contributed by atoms with Crippen molar-refractivity contribution in [2.45, 2.75) is 13.8 Å². The number of ether oxygens (including phenoxy) is 1. The molecule has 1 amide bonds. The molecule has 0 saturated carbocycles. The highest BCUT2D eigenvalue weighted by atomic mass is 32.2. The van der Waals surface area contributed by atoms with Crippen molar-refractivity contribution in [3.8, 4) is 5.75 Å². The first-order valence-corrected chi connectivity index (χ1v) is 11.1. The van der Waals surface area contributed by atoms with Gasteiger partial charge in [-0.15, -0.1) is 0 Å². The fourth-order valence-corrected chi connectivity index (χ4v) is 4.16. The Kier molecular flexibility index (Phi) is 6.60. The van der Waals surface area contributed by atoms with Crippen molar-refractivity contribution >= 4 is 46.3 Å². The van der Waals surface area contributed by atoms with Crippen LogP contribution in [0.2, 0.25) is 0 Å². The Morgan fingerprint density at radius 1 is 0.970 bits per heavy atom. The Labute approximate surface area is 196 Å². The van der Waals surface area contributed by atoms with E-state index >= 15 is 0 Å². The van der Waals surface area contributed by atoms with Crippen LogP contribution in [0.3, 0.4) is 0 Å². The van der Waals surface area contributed by atoms with E-state index in [4.69, 9.17) is 14.8 Å². The van der Waals surface area contributed by atoms with Crippen molar-refractivity contribution in [2.75, 3.05) is 11.5 Å². The number of carboxylic acid groups (broad SMARTS) is 1. The number of amidine groups is 1. The van der Waals surface area contributed by atoms with E-state index in [1.807, 2.05) is 62.4 Å². The van der Waals surface area contributed by atoms with Crippen LogP contribution in [0.5, 0.6) is 5.75 Å². The monoisotopic (exact) mass is 458 g/mol. The Balaban J connectivity index is 1.65. The summed E-state index contributed by atoms with van der Waals surface area (Å²) in [6.45, 7) is 3.61. The Hall–Kier alpha value is -3.84. The van der Waals surface area contributed by atoms with Crippen LogP contribution in [-0.4, -0.2) is 28.8 Å². The summed E-state index contributed by atoms with van der Waals surface area (Å²) in [5.41, 5.74) is 4.57. The molecule has 0 bridgehead atoms. The molecule has 0 aliphatic carbocycles. The molecule has 0 aromatic heterocycles. The van der Waals surface area contributed by atoms with Gasteiger partial charge in [-0.25, -0.2) is 9.79 Å². The van der Waals surface area contributed by atoms with Crippen molar-refractivity contribution in [1.82, 2.24) is 0 Å². The van der Waals surface area contributed by atoms with Crippen LogP contribution in [-0.2, 0) is 9.59 Å². The summed E-state index contributed by atoms with van der Waals surface area (Å²) >= 11 is 1.32. The quantitative estimate of drug-likeness (QED) is 0.488. The van der Waals surface area contributed by atoms with Crippen LogP contribution in [0, 0.1) is 13.8 Å². The standard InChI is InChI=1S/C26H22N2O4S/c1-17-3-9-20(10-4-17)27-26-28(21-11-5-18(2)6-12-21)25(31)23(33-26)15-19-7-13-22(14-8-19)32-16-24(29)30/h3-15H,16H2,1-2H3,(H,29,30)/b23-15-,27-26?. The van der Waals surface area contributed by atoms with Crippen LogP contribution in [0.4, 0.5) is 11.4 Å². The predicted octanol–water partition coefficient (Wildman–Crippen LogP) is 5.58. The van der Waals surface area contributed by atoms with E-state index in [0.29, 0.717) is 15.8 Å². The maximum absolute atomic E-state index is 13.4. The van der Waals surface area contributed by atoms with Crippen molar-refractivity contribution in [2.24, 2.45) is 4.99 Å². The van der Waals surface area contributed by atoms with Crippen LogP contribution in [0.25, 0.3) is 6.08 Å². The summed E-state index contributed by atoms with van der Waals surface area (Å²) in [6.07, 6.45) is 1.80. The summed E-state index contributed by atoms with van der Waals surface area (Å²) in [5, 5.41) is 9.32. The molecule has 0 spiro atoms. The number of hydrogen-bond acceptors (Lipinski definition) is 5. The average Bonchev–Trinajstić information content (AvgIpc) is 3.10. The summed E-state index contributed by atoms with van der Waals surface area (Å²) in [4.78, 5) is 30.9. The molecule has 7 heteroatoms. The molecule has 1 aliphatic rings. The van der Waals surface area contributed by atoms with Crippen LogP contribution in [0.1, 0.15) is 16.7 Å². The summed E-state index contributed by atoms with van der Waals surface area (Å²) < 4.78 is 5.17. The molecule has 3 aromatic rings. The summed E-state index contributed by atoms with van der Waals surface area (Å²) in [5.74, 6) is -0.737. The normalized spacial score (nSPS) is 15.9. The highest BCUT2D eigenvalue weighted by molar-refractivity contribution is 8.19. The van der Waals surface area contributed by atoms with E-state index in [-0.39, 0.29) is 5.91 Å². The van der Waals surface area contributed by atoms with E-state index in [0.717, 1.165) is 28.1 Å². The molecule has 1 aliphatic heterocycles. The molecule has 33 heavy (non-hydrogen) atoms. The van der Waals surface area contributed by atoms with Crippen molar-refractivity contribution in [3.05, 3.63) is 94.4 Å². The van der Waals surface area contributed by atoms with Crippen LogP contribution >= 0.6 is 11.8 Å². The SMILES string of the molecule is Cc1ccc(N=C2S/C(=C\c3ccc(OCC(=O)O)cc3)C(=O)N2c2ccc(C)cc2)cc1. The third-order valence-corrected chi connectivity index (χ3v) is 5.87. The molecule has 1 heterocycles. The molecular formula is C26H22N2O4S. The lowest BCUT2D eigenvalue weighted by atomic mass is 10.2. The number of hydrogen-bond donors (Lipinski definition) is 1. The molecule has 0 unspecified atom stereocenters. The zero-order chi connectivity index (χ0) is 23.4. The van der Waals surface area contributed by atoms with Gasteiger partial charge in [0.15, 0.2) is 11.8 Å². The molecule has 1 N–H and O–H groups in total. The Bertz CT molecular complexity index is 1230. The molecule has 166 valence electrons. The third-order valence-electron chi connectivity index (χ3n) is 4.90. The number of thioether (sulfide) groups is 1. The maximum Gasteiger partial charge on any atom is 0.341 e. The second-order valence-electron chi connectivity index (χ2n) is 7.57. The van der Waals surface area contributed by atoms with Crippen molar-refractivity contribution < 1.29 is 19.4 Å². The number of aliphatic imine (C=N–C) groups is 1. The largest absolute Gasteiger partial charge is 0.482 e. The Morgan fingerprint density at radius 2 is 1.58 bits per heavy atom. The molecule has 1 saturated heterocycles. The first-order valence-electron chi connectivity index (χ1n) is 10.3. The second kappa shape index (κ2) is 9.75. The van der Waals surface area contributed by atoms with Gasteiger partial charge in [0.25, 0.3) is 5.91 Å². The highest BCUT2D eigenvalue weighted by Crippen LogP contribution is 2.37. The number of nitrogens with zero attached hydrogens (tertiary/aromatic N) is 2. The molecular weight excluding hydrogens is 436 g/mol. The fourth-order valence-electron chi connectivity index (χ4n) is 3.16. The number of rotatable bonds is 6. The van der Waals surface area contributed by atoms with Gasteiger partial charge < -0.3 is 9.84 Å². The minimum absolute atomic E-state index is 0.152. The molecule has 1 fully saturated rings. The van der Waals surface area contributed by atoms with Gasteiger partial charge in [0, 0.05) is 0 Å². The average molecular weight is 459 g/mol. The number of aryl methyl sites for hydroxylation is 2. The highest BCUT2D eigenvalue weighted by Gasteiger charge is 2.34. The second-order valence-corrected chi connectivity index (χ2v) is 8.58. The number of carbonyl (C=O) groups excluding carboxylic acids is 1. The number of carboxylic acids is 1. The van der Waals surface area contributed by atoms with Crippen LogP contribution < -0.4 is 9.64 Å². The molecule has 0 atom stereocenters.